The first kappa shape index (κ1) is 20.0. The normalized spacial score (nSPS) is 12.6. The van der Waals surface area contributed by atoms with Crippen LogP contribution in [0.4, 0.5) is 4.39 Å². The van der Waals surface area contributed by atoms with Gasteiger partial charge in [-0.25, -0.2) is 17.5 Å². The number of benzene rings is 1. The summed E-state index contributed by atoms with van der Waals surface area (Å²) in [6.07, 6.45) is -0.150. The van der Waals surface area contributed by atoms with E-state index in [-0.39, 0.29) is 11.1 Å². The molecule has 2 aromatic rings. The Balaban J connectivity index is 1.99. The van der Waals surface area contributed by atoms with Crippen molar-refractivity contribution < 1.29 is 27.4 Å². The Hall–Kier alpha value is -2.36. The smallest absolute Gasteiger partial charge is 0.266 e. The number of aliphatic hydroxyl groups excluding tert-OH is 1. The lowest BCUT2D eigenvalue weighted by Gasteiger charge is -2.12. The lowest BCUT2D eigenvalue weighted by atomic mass is 10.1. The van der Waals surface area contributed by atoms with Crippen molar-refractivity contribution in [2.75, 3.05) is 12.4 Å². The van der Waals surface area contributed by atoms with E-state index in [4.69, 9.17) is 4.74 Å². The zero-order valence-corrected chi connectivity index (χ0v) is 14.9. The van der Waals surface area contributed by atoms with E-state index < -0.39 is 33.6 Å². The van der Waals surface area contributed by atoms with Gasteiger partial charge < -0.3 is 9.84 Å². The van der Waals surface area contributed by atoms with E-state index >= 15 is 0 Å². The lowest BCUT2D eigenvalue weighted by Crippen LogP contribution is -2.34. The second-order valence-corrected chi connectivity index (χ2v) is 7.22. The monoisotopic (exact) mass is 382 g/mol. The Labute approximate surface area is 150 Å². The van der Waals surface area contributed by atoms with Crippen molar-refractivity contribution in [3.8, 4) is 0 Å². The Morgan fingerprint density at radius 2 is 1.96 bits per heavy atom. The summed E-state index contributed by atoms with van der Waals surface area (Å²) in [7, 11) is -4.11. The molecule has 26 heavy (non-hydrogen) atoms. The number of aromatic nitrogens is 1. The number of ether oxygens (including phenoxy) is 1. The third-order valence-electron chi connectivity index (χ3n) is 3.42. The second kappa shape index (κ2) is 8.84. The summed E-state index contributed by atoms with van der Waals surface area (Å²) in [6.45, 7) is 2.66. The second-order valence-electron chi connectivity index (χ2n) is 5.46. The highest BCUT2D eigenvalue weighted by Crippen LogP contribution is 2.15. The zero-order valence-electron chi connectivity index (χ0n) is 14.1. The van der Waals surface area contributed by atoms with Crippen LogP contribution in [0.3, 0.4) is 0 Å². The molecule has 0 bridgehead atoms. The molecule has 140 valence electrons. The molecule has 1 aromatic carbocycles. The highest BCUT2D eigenvalue weighted by Gasteiger charge is 2.22. The summed E-state index contributed by atoms with van der Waals surface area (Å²) in [5.74, 6) is -2.09. The molecule has 0 fully saturated rings. The number of nitrogens with one attached hydrogen (secondary N) is 1. The van der Waals surface area contributed by atoms with Crippen molar-refractivity contribution >= 4 is 15.9 Å². The number of nitrogens with zero attached hydrogens (tertiary/aromatic N) is 1. The molecule has 9 heteroatoms. The van der Waals surface area contributed by atoms with Crippen molar-refractivity contribution in [3.63, 3.8) is 0 Å². The molecule has 0 aliphatic heterocycles. The Morgan fingerprint density at radius 1 is 1.27 bits per heavy atom. The van der Waals surface area contributed by atoms with Gasteiger partial charge in [0, 0.05) is 12.8 Å². The van der Waals surface area contributed by atoms with Crippen LogP contribution in [0.15, 0.2) is 42.6 Å². The van der Waals surface area contributed by atoms with Gasteiger partial charge in [0.15, 0.2) is 0 Å². The minimum Gasteiger partial charge on any atom is -0.387 e. The molecule has 0 saturated carbocycles. The largest absolute Gasteiger partial charge is 0.387 e. The molecule has 0 radical (unpaired) electrons. The van der Waals surface area contributed by atoms with E-state index in [2.05, 4.69) is 4.98 Å². The van der Waals surface area contributed by atoms with E-state index in [1.807, 2.05) is 11.6 Å². The number of hydrogen-bond acceptors (Lipinski definition) is 6. The molecule has 0 aliphatic rings. The molecule has 1 unspecified atom stereocenters. The fourth-order valence-electron chi connectivity index (χ4n) is 2.08. The average Bonchev–Trinajstić information content (AvgIpc) is 2.60. The first-order valence-electron chi connectivity index (χ1n) is 7.81. The fourth-order valence-corrected chi connectivity index (χ4v) is 3.17. The Morgan fingerprint density at radius 3 is 2.54 bits per heavy atom. The molecule has 2 rings (SSSR count). The maximum atomic E-state index is 12.9. The van der Waals surface area contributed by atoms with Gasteiger partial charge in [0.1, 0.15) is 5.82 Å². The minimum absolute atomic E-state index is 0.0603. The van der Waals surface area contributed by atoms with Crippen LogP contribution in [0.25, 0.3) is 0 Å². The van der Waals surface area contributed by atoms with Gasteiger partial charge in [-0.1, -0.05) is 12.1 Å². The molecular weight excluding hydrogens is 363 g/mol. The van der Waals surface area contributed by atoms with E-state index in [9.17, 15) is 22.7 Å². The third kappa shape index (κ3) is 5.87. The average molecular weight is 382 g/mol. The van der Waals surface area contributed by atoms with Crippen molar-refractivity contribution in [2.24, 2.45) is 0 Å². The Bertz CT molecular complexity index is 838. The third-order valence-corrected chi connectivity index (χ3v) is 4.67. The first-order valence-corrected chi connectivity index (χ1v) is 9.47. The molecule has 1 heterocycles. The van der Waals surface area contributed by atoms with E-state index in [1.54, 1.807) is 6.07 Å². The number of carbonyl (C=O) groups is 1. The SMILES string of the molecule is CCOCc1ccc(C(=O)NS(=O)(=O)CC(O)c2ccc(F)cc2)cn1. The molecule has 1 aromatic heterocycles. The summed E-state index contributed by atoms with van der Waals surface area (Å²) in [6, 6.07) is 7.77. The van der Waals surface area contributed by atoms with Crippen LogP contribution in [-0.4, -0.2) is 36.8 Å². The summed E-state index contributed by atoms with van der Waals surface area (Å²) in [5, 5.41) is 9.97. The van der Waals surface area contributed by atoms with Gasteiger partial charge in [-0.2, -0.15) is 0 Å². The molecule has 0 saturated heterocycles. The van der Waals surface area contributed by atoms with Crippen molar-refractivity contribution in [1.82, 2.24) is 9.71 Å². The number of carbonyl (C=O) groups excluding carboxylic acids is 1. The van der Waals surface area contributed by atoms with Crippen LogP contribution in [0.1, 0.15) is 34.6 Å². The maximum absolute atomic E-state index is 12.9. The quantitative estimate of drug-likeness (QED) is 0.718. The van der Waals surface area contributed by atoms with Crippen LogP contribution >= 0.6 is 0 Å². The molecule has 1 atom stereocenters. The topological polar surface area (TPSA) is 106 Å². The highest BCUT2D eigenvalue weighted by atomic mass is 32.2. The van der Waals surface area contributed by atoms with Crippen LogP contribution in [0.2, 0.25) is 0 Å². The first-order chi connectivity index (χ1) is 12.3. The minimum atomic E-state index is -4.11. The van der Waals surface area contributed by atoms with Gasteiger partial charge in [-0.05, 0) is 36.8 Å². The van der Waals surface area contributed by atoms with Crippen molar-refractivity contribution in [2.45, 2.75) is 19.6 Å². The molecule has 7 nitrogen and oxygen atoms in total. The van der Waals surface area contributed by atoms with Crippen LogP contribution in [-0.2, 0) is 21.4 Å². The van der Waals surface area contributed by atoms with Gasteiger partial charge in [0.2, 0.25) is 10.0 Å². The zero-order chi connectivity index (χ0) is 19.2. The van der Waals surface area contributed by atoms with E-state index in [0.29, 0.717) is 18.9 Å². The molecule has 2 N–H and O–H groups in total. The van der Waals surface area contributed by atoms with Gasteiger partial charge in [-0.3, -0.25) is 9.78 Å². The number of sulfonamides is 1. The lowest BCUT2D eigenvalue weighted by molar-refractivity contribution is 0.0980. The van der Waals surface area contributed by atoms with E-state index in [0.717, 1.165) is 12.1 Å². The maximum Gasteiger partial charge on any atom is 0.266 e. The number of aliphatic hydroxyl groups is 1. The van der Waals surface area contributed by atoms with Gasteiger partial charge in [0.05, 0.1) is 29.7 Å². The molecular formula is C17H19FN2O5S. The summed E-state index contributed by atoms with van der Waals surface area (Å²) >= 11 is 0. The molecule has 0 aliphatic carbocycles. The summed E-state index contributed by atoms with van der Waals surface area (Å²) < 4.78 is 44.1. The van der Waals surface area contributed by atoms with Gasteiger partial charge >= 0.3 is 0 Å². The van der Waals surface area contributed by atoms with Crippen molar-refractivity contribution in [1.29, 1.82) is 0 Å². The standard InChI is InChI=1S/C17H19FN2O5S/c1-2-25-10-15-8-5-13(9-19-15)17(22)20-26(23,24)11-16(21)12-3-6-14(18)7-4-12/h3-9,16,21H,2,10-11H2,1H3,(H,20,22). The van der Waals surface area contributed by atoms with Crippen LogP contribution in [0, 0.1) is 5.82 Å². The number of hydrogen-bond donors (Lipinski definition) is 2. The molecule has 1 amide bonds. The van der Waals surface area contributed by atoms with Crippen molar-refractivity contribution in [3.05, 3.63) is 65.2 Å². The fraction of sp³-hybridized carbons (Fsp3) is 0.294. The Kier molecular flexibility index (Phi) is 6.78. The van der Waals surface area contributed by atoms with Crippen LogP contribution in [0.5, 0.6) is 0 Å². The number of halogens is 1. The predicted molar refractivity (Wildman–Crippen MR) is 92.2 cm³/mol. The predicted octanol–water partition coefficient (Wildman–Crippen LogP) is 1.55. The van der Waals surface area contributed by atoms with Gasteiger partial charge in [0.25, 0.3) is 5.91 Å². The molecule has 0 spiro atoms. The number of rotatable bonds is 8. The number of amides is 1. The van der Waals surface area contributed by atoms with Gasteiger partial charge in [-0.15, -0.1) is 0 Å². The summed E-state index contributed by atoms with van der Waals surface area (Å²) in [4.78, 5) is 16.1. The summed E-state index contributed by atoms with van der Waals surface area (Å²) in [5.41, 5.74) is 0.897. The number of pyridine rings is 1. The van der Waals surface area contributed by atoms with E-state index in [1.165, 1.54) is 24.4 Å². The van der Waals surface area contributed by atoms with Crippen LogP contribution < -0.4 is 4.72 Å². The highest BCUT2D eigenvalue weighted by molar-refractivity contribution is 7.90.